The van der Waals surface area contributed by atoms with Gasteiger partial charge in [-0.25, -0.2) is 0 Å². The van der Waals surface area contributed by atoms with Crippen LogP contribution < -0.4 is 11.1 Å². The largest absolute Gasteiger partial charge is 0.500 e. The average molecular weight is 228 g/mol. The molecule has 0 radical (unpaired) electrons. The Hall–Kier alpha value is -1.29. The maximum atomic E-state index is 10.8. The topological polar surface area (TPSA) is 64.4 Å². The van der Waals surface area contributed by atoms with Crippen LogP contribution in [-0.2, 0) is 9.53 Å². The number of hydrogen-bond acceptors (Lipinski definition) is 3. The Balaban J connectivity index is 0. The van der Waals surface area contributed by atoms with E-state index in [0.717, 1.165) is 19.3 Å². The summed E-state index contributed by atoms with van der Waals surface area (Å²) >= 11 is 0. The van der Waals surface area contributed by atoms with Gasteiger partial charge in [-0.3, -0.25) is 4.79 Å². The summed E-state index contributed by atoms with van der Waals surface area (Å²) in [5, 5.41) is 2.70. The van der Waals surface area contributed by atoms with E-state index in [4.69, 9.17) is 10.5 Å². The lowest BCUT2D eigenvalue weighted by atomic mass is 10.1. The van der Waals surface area contributed by atoms with Crippen LogP contribution in [0.2, 0.25) is 0 Å². The van der Waals surface area contributed by atoms with E-state index in [2.05, 4.69) is 18.5 Å². The Morgan fingerprint density at radius 3 is 2.69 bits per heavy atom. The highest BCUT2D eigenvalue weighted by Crippen LogP contribution is 2.06. The molecule has 0 aliphatic rings. The van der Waals surface area contributed by atoms with Crippen molar-refractivity contribution in [3.63, 3.8) is 0 Å². The van der Waals surface area contributed by atoms with E-state index in [1.807, 2.05) is 0 Å². The third-order valence-corrected chi connectivity index (χ3v) is 2.10. The van der Waals surface area contributed by atoms with Gasteiger partial charge >= 0.3 is 0 Å². The monoisotopic (exact) mass is 228 g/mol. The second-order valence-electron chi connectivity index (χ2n) is 3.27. The summed E-state index contributed by atoms with van der Waals surface area (Å²) in [6.45, 7) is 7.69. The molecule has 3 N–H and O–H groups in total. The molecule has 0 aromatic heterocycles. The molecule has 4 nitrogen and oxygen atoms in total. The Morgan fingerprint density at radius 1 is 1.56 bits per heavy atom. The van der Waals surface area contributed by atoms with Crippen LogP contribution in [0, 0.1) is 0 Å². The van der Waals surface area contributed by atoms with E-state index in [-0.39, 0.29) is 19.4 Å². The Kier molecular flexibility index (Phi) is 10.9. The maximum Gasteiger partial charge on any atom is 0.243 e. The van der Waals surface area contributed by atoms with Gasteiger partial charge < -0.3 is 15.8 Å². The Morgan fingerprint density at radius 2 is 2.19 bits per heavy atom. The van der Waals surface area contributed by atoms with Gasteiger partial charge in [0.25, 0.3) is 0 Å². The highest BCUT2D eigenvalue weighted by atomic mass is 16.5. The molecule has 0 aliphatic carbocycles. The van der Waals surface area contributed by atoms with Crippen LogP contribution in [0.15, 0.2) is 25.0 Å². The zero-order valence-corrected chi connectivity index (χ0v) is 9.29. The number of carbonyl (C=O) groups is 1. The predicted octanol–water partition coefficient (Wildman–Crippen LogP) is 1.58. The molecule has 0 spiro atoms. The number of methoxy groups -OCH3 is 1. The number of nitrogens with two attached hydrogens (primary N) is 1. The van der Waals surface area contributed by atoms with Gasteiger partial charge in [0.15, 0.2) is 0 Å². The molecule has 0 heterocycles. The molecule has 0 rings (SSSR count). The van der Waals surface area contributed by atoms with Gasteiger partial charge in [0.2, 0.25) is 5.91 Å². The van der Waals surface area contributed by atoms with E-state index in [1.165, 1.54) is 6.08 Å². The fourth-order valence-corrected chi connectivity index (χ4v) is 1.09. The van der Waals surface area contributed by atoms with Crippen LogP contribution in [-0.4, -0.2) is 25.6 Å². The van der Waals surface area contributed by atoms with Crippen molar-refractivity contribution in [3.8, 4) is 0 Å². The molecule has 16 heavy (non-hydrogen) atoms. The van der Waals surface area contributed by atoms with Crippen molar-refractivity contribution in [2.24, 2.45) is 5.73 Å². The second kappa shape index (κ2) is 10.2. The van der Waals surface area contributed by atoms with Crippen molar-refractivity contribution in [1.29, 1.82) is 0 Å². The summed E-state index contributed by atoms with van der Waals surface area (Å²) in [4.78, 5) is 10.8. The number of unbranched alkanes of at least 4 members (excludes halogenated alkanes) is 1. The molecular weight excluding hydrogens is 204 g/mol. The minimum absolute atomic E-state index is 0. The molecule has 0 aromatic rings. The van der Waals surface area contributed by atoms with E-state index in [1.54, 1.807) is 7.11 Å². The summed E-state index contributed by atoms with van der Waals surface area (Å²) in [6, 6.07) is -0.120. The second-order valence-corrected chi connectivity index (χ2v) is 3.27. The van der Waals surface area contributed by atoms with Gasteiger partial charge in [-0.2, -0.15) is 0 Å². The van der Waals surface area contributed by atoms with Crippen LogP contribution in [0.4, 0.5) is 0 Å². The van der Waals surface area contributed by atoms with Crippen molar-refractivity contribution in [1.82, 2.24) is 5.32 Å². The number of hydrogen-bond donors (Lipinski definition) is 2. The van der Waals surface area contributed by atoms with E-state index < -0.39 is 0 Å². The van der Waals surface area contributed by atoms with Crippen LogP contribution in [0.5, 0.6) is 0 Å². The van der Waals surface area contributed by atoms with Gasteiger partial charge in [-0.15, -0.1) is 0 Å². The molecule has 4 heteroatoms. The smallest absolute Gasteiger partial charge is 0.243 e. The van der Waals surface area contributed by atoms with Crippen molar-refractivity contribution in [3.05, 3.63) is 25.0 Å². The Bertz CT molecular complexity index is 227. The molecule has 0 unspecified atom stereocenters. The standard InChI is InChI=1S/C11H20N2O2.CH4/c1-4-11(14)13-8-6-5-7-10(12)9(2)15-3;/h4,10H,1-2,5-8,12H2,3H3,(H,13,14);1H4/t10-;/m0./s1. The lowest BCUT2D eigenvalue weighted by Crippen LogP contribution is -2.25. The molecule has 0 aromatic carbocycles. The van der Waals surface area contributed by atoms with Crippen molar-refractivity contribution in [2.45, 2.75) is 32.7 Å². The summed E-state index contributed by atoms with van der Waals surface area (Å²) in [5.74, 6) is 0.464. The van der Waals surface area contributed by atoms with E-state index in [9.17, 15) is 4.79 Å². The van der Waals surface area contributed by atoms with E-state index in [0.29, 0.717) is 12.3 Å². The normalized spacial score (nSPS) is 10.9. The highest BCUT2D eigenvalue weighted by molar-refractivity contribution is 5.86. The first-order valence-corrected chi connectivity index (χ1v) is 5.00. The third kappa shape index (κ3) is 8.05. The quantitative estimate of drug-likeness (QED) is 0.376. The SMILES string of the molecule is C.C=CC(=O)NCCCC[C@H](N)C(=C)OC. The van der Waals surface area contributed by atoms with Crippen molar-refractivity contribution < 1.29 is 9.53 Å². The van der Waals surface area contributed by atoms with Gasteiger partial charge in [0.05, 0.1) is 13.2 Å². The highest BCUT2D eigenvalue weighted by Gasteiger charge is 2.06. The lowest BCUT2D eigenvalue weighted by Gasteiger charge is -2.12. The fraction of sp³-hybridized carbons (Fsp3) is 0.583. The summed E-state index contributed by atoms with van der Waals surface area (Å²) < 4.78 is 4.92. The number of carbonyl (C=O) groups excluding carboxylic acids is 1. The molecule has 0 bridgehead atoms. The van der Waals surface area contributed by atoms with Crippen LogP contribution in [0.1, 0.15) is 26.7 Å². The first kappa shape index (κ1) is 17.1. The Labute approximate surface area is 98.5 Å². The molecule has 0 aliphatic heterocycles. The summed E-state index contributed by atoms with van der Waals surface area (Å²) in [7, 11) is 1.56. The minimum atomic E-state index is -0.138. The summed E-state index contributed by atoms with van der Waals surface area (Å²) in [6.07, 6.45) is 3.90. The fourth-order valence-electron chi connectivity index (χ4n) is 1.09. The van der Waals surface area contributed by atoms with Gasteiger partial charge in [-0.1, -0.05) is 20.6 Å². The zero-order valence-electron chi connectivity index (χ0n) is 9.29. The number of ether oxygens (including phenoxy) is 1. The van der Waals surface area contributed by atoms with Crippen molar-refractivity contribution in [2.75, 3.05) is 13.7 Å². The molecule has 0 fully saturated rings. The lowest BCUT2D eigenvalue weighted by molar-refractivity contribution is -0.116. The molecule has 1 amide bonds. The number of rotatable bonds is 8. The average Bonchev–Trinajstić information content (AvgIpc) is 2.26. The minimum Gasteiger partial charge on any atom is -0.500 e. The van der Waals surface area contributed by atoms with Crippen LogP contribution in [0.3, 0.4) is 0 Å². The molecule has 0 saturated carbocycles. The predicted molar refractivity (Wildman–Crippen MR) is 67.9 cm³/mol. The zero-order chi connectivity index (χ0) is 11.7. The number of amides is 1. The third-order valence-electron chi connectivity index (χ3n) is 2.10. The molecule has 1 atom stereocenters. The van der Waals surface area contributed by atoms with Crippen molar-refractivity contribution >= 4 is 5.91 Å². The number of nitrogens with one attached hydrogen (secondary N) is 1. The van der Waals surface area contributed by atoms with Gasteiger partial charge in [0, 0.05) is 6.54 Å². The molecular formula is C12H24N2O2. The first-order valence-electron chi connectivity index (χ1n) is 5.00. The van der Waals surface area contributed by atoms with Crippen LogP contribution >= 0.6 is 0 Å². The van der Waals surface area contributed by atoms with Gasteiger partial charge in [0.1, 0.15) is 5.76 Å². The van der Waals surface area contributed by atoms with Gasteiger partial charge in [-0.05, 0) is 25.3 Å². The molecule has 94 valence electrons. The van der Waals surface area contributed by atoms with Crippen LogP contribution in [0.25, 0.3) is 0 Å². The maximum absolute atomic E-state index is 10.8. The first-order chi connectivity index (χ1) is 7.11. The van der Waals surface area contributed by atoms with E-state index >= 15 is 0 Å². The summed E-state index contributed by atoms with van der Waals surface area (Å²) in [5.41, 5.74) is 5.77. The molecule has 0 saturated heterocycles.